The molecule has 2 saturated heterocycles. The van der Waals surface area contributed by atoms with Crippen LogP contribution in [0.15, 0.2) is 12.5 Å². The van der Waals surface area contributed by atoms with E-state index in [0.29, 0.717) is 32.0 Å². The Morgan fingerprint density at radius 2 is 2.57 bits per heavy atom. The van der Waals surface area contributed by atoms with Gasteiger partial charge in [-0.05, 0) is 6.42 Å². The van der Waals surface area contributed by atoms with E-state index in [9.17, 15) is 9.90 Å². The number of hydrogen-bond donors (Lipinski definition) is 2. The lowest BCUT2D eigenvalue weighted by atomic mass is 9.98. The van der Waals surface area contributed by atoms with Crippen molar-refractivity contribution in [1.29, 1.82) is 0 Å². The van der Waals surface area contributed by atoms with Crippen molar-refractivity contribution in [2.24, 2.45) is 0 Å². The second kappa shape index (κ2) is 5.75. The van der Waals surface area contributed by atoms with Gasteiger partial charge in [0.2, 0.25) is 0 Å². The lowest BCUT2D eigenvalue weighted by Crippen LogP contribution is -2.58. The maximum Gasteiger partial charge on any atom is 0.257 e. The van der Waals surface area contributed by atoms with Gasteiger partial charge < -0.3 is 24.5 Å². The molecule has 0 radical (unpaired) electrons. The summed E-state index contributed by atoms with van der Waals surface area (Å²) in [4.78, 5) is 20.8. The number of ether oxygens (including phenoxy) is 2. The number of carbonyl (C=O) groups is 1. The molecule has 0 aromatic carbocycles. The molecule has 1 aromatic heterocycles. The number of rotatable bonds is 3. The number of nitrogens with zero attached hydrogens (tertiary/aromatic N) is 2. The van der Waals surface area contributed by atoms with Crippen molar-refractivity contribution in [3.05, 3.63) is 18.2 Å². The van der Waals surface area contributed by atoms with Gasteiger partial charge in [0.25, 0.3) is 5.91 Å². The summed E-state index contributed by atoms with van der Waals surface area (Å²) in [7, 11) is 0. The Bertz CT molecular complexity index is 484. The Morgan fingerprint density at radius 1 is 1.71 bits per heavy atom. The van der Waals surface area contributed by atoms with E-state index in [1.54, 1.807) is 4.90 Å². The molecule has 2 aliphatic heterocycles. The van der Waals surface area contributed by atoms with Crippen molar-refractivity contribution in [2.45, 2.75) is 37.6 Å². The van der Waals surface area contributed by atoms with Crippen molar-refractivity contribution in [3.8, 4) is 0 Å². The molecule has 0 saturated carbocycles. The molecule has 1 spiro atoms. The van der Waals surface area contributed by atoms with E-state index in [-0.39, 0.29) is 12.0 Å². The first kappa shape index (κ1) is 14.5. The number of hydrogen-bond acceptors (Lipinski definition) is 5. The highest BCUT2D eigenvalue weighted by Crippen LogP contribution is 2.32. The molecule has 2 aliphatic rings. The maximum atomic E-state index is 12.5. The molecule has 116 valence electrons. The van der Waals surface area contributed by atoms with Gasteiger partial charge in [0.05, 0.1) is 37.5 Å². The molecule has 3 heterocycles. The second-order valence-electron chi connectivity index (χ2n) is 5.76. The minimum absolute atomic E-state index is 0.0154. The average Bonchev–Trinajstić information content (AvgIpc) is 3.17. The third-order valence-electron chi connectivity index (χ3n) is 4.20. The second-order valence-corrected chi connectivity index (χ2v) is 5.76. The first-order valence-electron chi connectivity index (χ1n) is 7.34. The number of H-pyrrole nitrogens is 1. The quantitative estimate of drug-likeness (QED) is 0.834. The monoisotopic (exact) mass is 295 g/mol. The van der Waals surface area contributed by atoms with Crippen molar-refractivity contribution in [3.63, 3.8) is 0 Å². The molecule has 7 nitrogen and oxygen atoms in total. The normalized spacial score (nSPS) is 30.8. The SMILES string of the molecule is CCC1CN(C(=O)C(O)c2cnc[nH]2)CC2(CCOC2)O1. The highest BCUT2D eigenvalue weighted by molar-refractivity contribution is 5.81. The fourth-order valence-electron chi connectivity index (χ4n) is 2.99. The van der Waals surface area contributed by atoms with Crippen LogP contribution in [-0.2, 0) is 14.3 Å². The Balaban J connectivity index is 1.75. The van der Waals surface area contributed by atoms with Crippen molar-refractivity contribution in [2.75, 3.05) is 26.3 Å². The van der Waals surface area contributed by atoms with E-state index in [4.69, 9.17) is 9.47 Å². The van der Waals surface area contributed by atoms with Gasteiger partial charge in [-0.1, -0.05) is 6.92 Å². The van der Waals surface area contributed by atoms with Gasteiger partial charge >= 0.3 is 0 Å². The van der Waals surface area contributed by atoms with Gasteiger partial charge in [-0.3, -0.25) is 4.79 Å². The Kier molecular flexibility index (Phi) is 3.97. The maximum absolute atomic E-state index is 12.5. The van der Waals surface area contributed by atoms with Crippen LogP contribution >= 0.6 is 0 Å². The zero-order valence-corrected chi connectivity index (χ0v) is 12.1. The predicted octanol–water partition coefficient (Wildman–Crippen LogP) is 0.240. The number of nitrogens with one attached hydrogen (secondary N) is 1. The number of amides is 1. The van der Waals surface area contributed by atoms with Crippen LogP contribution in [0, 0.1) is 0 Å². The van der Waals surface area contributed by atoms with Gasteiger partial charge in [0.1, 0.15) is 5.60 Å². The lowest BCUT2D eigenvalue weighted by molar-refractivity contribution is -0.176. The van der Waals surface area contributed by atoms with E-state index in [0.717, 1.165) is 12.8 Å². The summed E-state index contributed by atoms with van der Waals surface area (Å²) in [6.45, 7) is 4.16. The highest BCUT2D eigenvalue weighted by Gasteiger charge is 2.45. The molecule has 1 aromatic rings. The fourth-order valence-corrected chi connectivity index (χ4v) is 2.99. The number of carbonyl (C=O) groups excluding carboxylic acids is 1. The van der Waals surface area contributed by atoms with Crippen LogP contribution in [0.1, 0.15) is 31.6 Å². The third-order valence-corrected chi connectivity index (χ3v) is 4.20. The van der Waals surface area contributed by atoms with E-state index < -0.39 is 11.7 Å². The van der Waals surface area contributed by atoms with Gasteiger partial charge in [0, 0.05) is 19.6 Å². The van der Waals surface area contributed by atoms with Crippen LogP contribution in [0.4, 0.5) is 0 Å². The lowest BCUT2D eigenvalue weighted by Gasteiger charge is -2.44. The molecule has 7 heteroatoms. The number of aliphatic hydroxyl groups is 1. The van der Waals surface area contributed by atoms with Crippen LogP contribution in [0.5, 0.6) is 0 Å². The third kappa shape index (κ3) is 2.81. The number of aromatic nitrogens is 2. The minimum Gasteiger partial charge on any atom is -0.378 e. The molecule has 0 aliphatic carbocycles. The molecule has 1 amide bonds. The van der Waals surface area contributed by atoms with Crippen LogP contribution in [0.25, 0.3) is 0 Å². The van der Waals surface area contributed by atoms with Crippen molar-refractivity contribution >= 4 is 5.91 Å². The fraction of sp³-hybridized carbons (Fsp3) is 0.714. The van der Waals surface area contributed by atoms with Gasteiger partial charge in [-0.2, -0.15) is 0 Å². The number of aliphatic hydroxyl groups excluding tert-OH is 1. The largest absolute Gasteiger partial charge is 0.378 e. The predicted molar refractivity (Wildman–Crippen MR) is 73.5 cm³/mol. The van der Waals surface area contributed by atoms with Crippen LogP contribution in [0.2, 0.25) is 0 Å². The standard InChI is InChI=1S/C14H21N3O4/c1-2-10-6-17(7-14(21-10)3-4-20-8-14)13(19)12(18)11-5-15-9-16-11/h5,9-10,12,18H,2-4,6-8H2,1H3,(H,15,16). The van der Waals surface area contributed by atoms with E-state index >= 15 is 0 Å². The first-order valence-corrected chi connectivity index (χ1v) is 7.34. The summed E-state index contributed by atoms with van der Waals surface area (Å²) < 4.78 is 11.6. The van der Waals surface area contributed by atoms with Crippen LogP contribution in [-0.4, -0.2) is 63.9 Å². The summed E-state index contributed by atoms with van der Waals surface area (Å²) in [5.41, 5.74) is -0.00119. The molecule has 2 N–H and O–H groups in total. The van der Waals surface area contributed by atoms with E-state index in [1.165, 1.54) is 12.5 Å². The average molecular weight is 295 g/mol. The van der Waals surface area contributed by atoms with Gasteiger partial charge in [-0.15, -0.1) is 0 Å². The topological polar surface area (TPSA) is 87.7 Å². The molecular weight excluding hydrogens is 274 g/mol. The van der Waals surface area contributed by atoms with Crippen molar-refractivity contribution in [1.82, 2.24) is 14.9 Å². The van der Waals surface area contributed by atoms with Crippen molar-refractivity contribution < 1.29 is 19.4 Å². The smallest absolute Gasteiger partial charge is 0.257 e. The summed E-state index contributed by atoms with van der Waals surface area (Å²) in [6.07, 6.45) is 3.31. The molecule has 3 rings (SSSR count). The molecule has 0 bridgehead atoms. The number of morpholine rings is 1. The zero-order chi connectivity index (χ0) is 14.9. The zero-order valence-electron chi connectivity index (χ0n) is 12.1. The van der Waals surface area contributed by atoms with Crippen LogP contribution < -0.4 is 0 Å². The molecule has 21 heavy (non-hydrogen) atoms. The summed E-state index contributed by atoms with van der Waals surface area (Å²) in [6, 6.07) is 0. The molecule has 2 fully saturated rings. The number of imidazole rings is 1. The van der Waals surface area contributed by atoms with E-state index in [1.807, 2.05) is 6.92 Å². The summed E-state index contributed by atoms with van der Waals surface area (Å²) in [5.74, 6) is -0.313. The molecular formula is C14H21N3O4. The van der Waals surface area contributed by atoms with Gasteiger partial charge in [0.15, 0.2) is 6.10 Å². The Labute approximate surface area is 123 Å². The minimum atomic E-state index is -1.21. The molecule has 3 unspecified atom stereocenters. The molecule has 3 atom stereocenters. The number of aromatic amines is 1. The van der Waals surface area contributed by atoms with E-state index in [2.05, 4.69) is 9.97 Å². The highest BCUT2D eigenvalue weighted by atomic mass is 16.6. The summed E-state index contributed by atoms with van der Waals surface area (Å²) >= 11 is 0. The first-order chi connectivity index (χ1) is 10.1. The van der Waals surface area contributed by atoms with Gasteiger partial charge in [-0.25, -0.2) is 4.98 Å². The Morgan fingerprint density at radius 3 is 3.19 bits per heavy atom. The van der Waals surface area contributed by atoms with Crippen LogP contribution in [0.3, 0.4) is 0 Å². The summed E-state index contributed by atoms with van der Waals surface area (Å²) in [5, 5.41) is 10.2. The Hall–Kier alpha value is -1.44.